The second-order valence-corrected chi connectivity index (χ2v) is 6.71. The van der Waals surface area contributed by atoms with Gasteiger partial charge in [-0.15, -0.1) is 0 Å². The van der Waals surface area contributed by atoms with Gasteiger partial charge in [-0.2, -0.15) is 0 Å². The molecule has 3 heteroatoms. The van der Waals surface area contributed by atoms with Gasteiger partial charge in [0.15, 0.2) is 0 Å². The number of nitrogens with zero attached hydrogens (tertiary/aromatic N) is 1. The normalized spacial score (nSPS) is 43.7. The maximum absolute atomic E-state index is 13.9. The van der Waals surface area contributed by atoms with Gasteiger partial charge in [0.25, 0.3) is 0 Å². The molecule has 3 aliphatic heterocycles. The van der Waals surface area contributed by atoms with Gasteiger partial charge in [0.2, 0.25) is 0 Å². The lowest BCUT2D eigenvalue weighted by Crippen LogP contribution is -2.67. The fourth-order valence-corrected chi connectivity index (χ4v) is 4.70. The fraction of sp³-hybridized carbons (Fsp3) is 0.625. The van der Waals surface area contributed by atoms with Gasteiger partial charge >= 0.3 is 0 Å². The molecule has 4 aliphatic rings. The van der Waals surface area contributed by atoms with Gasteiger partial charge in [0.05, 0.1) is 5.60 Å². The predicted octanol–water partition coefficient (Wildman–Crippen LogP) is 2.07. The van der Waals surface area contributed by atoms with Gasteiger partial charge in [0.1, 0.15) is 5.82 Å². The maximum Gasteiger partial charge on any atom is 0.126 e. The zero-order chi connectivity index (χ0) is 13.0. The number of benzene rings is 1. The number of hydrogen-bond donors (Lipinski definition) is 1. The molecule has 0 spiro atoms. The first-order valence-electron chi connectivity index (χ1n) is 7.33. The van der Waals surface area contributed by atoms with Crippen LogP contribution in [0.25, 0.3) is 0 Å². The SMILES string of the molecule is OC1(Cc2ccccc2F)[C@@H]2CC3C[C@@H]1CN(C3)C2. The van der Waals surface area contributed by atoms with Crippen molar-refractivity contribution in [2.45, 2.75) is 24.9 Å². The predicted molar refractivity (Wildman–Crippen MR) is 71.2 cm³/mol. The molecule has 4 bridgehead atoms. The molecule has 2 atom stereocenters. The average molecular weight is 261 g/mol. The topological polar surface area (TPSA) is 23.5 Å². The van der Waals surface area contributed by atoms with E-state index in [1.165, 1.54) is 12.6 Å². The largest absolute Gasteiger partial charge is 0.389 e. The number of piperidine rings is 3. The summed E-state index contributed by atoms with van der Waals surface area (Å²) < 4.78 is 13.9. The third kappa shape index (κ3) is 1.75. The van der Waals surface area contributed by atoms with Crippen LogP contribution in [0.15, 0.2) is 24.3 Å². The van der Waals surface area contributed by atoms with E-state index >= 15 is 0 Å². The van der Waals surface area contributed by atoms with Crippen molar-refractivity contribution in [1.29, 1.82) is 0 Å². The van der Waals surface area contributed by atoms with Gasteiger partial charge < -0.3 is 10.0 Å². The highest BCUT2D eigenvalue weighted by Gasteiger charge is 2.55. The molecule has 0 radical (unpaired) electrons. The van der Waals surface area contributed by atoms with Crippen molar-refractivity contribution < 1.29 is 9.50 Å². The van der Waals surface area contributed by atoms with Crippen LogP contribution in [0, 0.1) is 23.6 Å². The number of rotatable bonds is 2. The maximum atomic E-state index is 13.9. The summed E-state index contributed by atoms with van der Waals surface area (Å²) in [6.45, 7) is 3.21. The van der Waals surface area contributed by atoms with Crippen LogP contribution in [0.1, 0.15) is 18.4 Å². The Hall–Kier alpha value is -0.930. The Morgan fingerprint density at radius 2 is 1.84 bits per heavy atom. The Labute approximate surface area is 113 Å². The minimum atomic E-state index is -0.685. The standard InChI is InChI=1S/C16H20FNO/c17-15-4-2-1-3-12(15)7-16(19)13-5-11-6-14(16)10-18(8-11)9-13/h1-4,11,13-14,19H,5-10H2/t11?,13-,14-,16?/m1/s1. The zero-order valence-electron chi connectivity index (χ0n) is 11.1. The summed E-state index contributed by atoms with van der Waals surface area (Å²) in [5, 5.41) is 11.2. The number of hydrogen-bond acceptors (Lipinski definition) is 2. The van der Waals surface area contributed by atoms with Crippen LogP contribution < -0.4 is 0 Å². The zero-order valence-corrected chi connectivity index (χ0v) is 11.1. The number of halogens is 1. The van der Waals surface area contributed by atoms with Crippen LogP contribution in [-0.2, 0) is 6.42 Å². The second kappa shape index (κ2) is 4.03. The van der Waals surface area contributed by atoms with E-state index < -0.39 is 5.60 Å². The molecule has 3 heterocycles. The molecule has 0 amide bonds. The Kier molecular flexibility index (Phi) is 2.52. The van der Waals surface area contributed by atoms with Crippen LogP contribution in [0.2, 0.25) is 0 Å². The van der Waals surface area contributed by atoms with E-state index in [0.717, 1.165) is 31.8 Å². The third-order valence-electron chi connectivity index (χ3n) is 5.55. The Morgan fingerprint density at radius 1 is 1.16 bits per heavy atom. The lowest BCUT2D eigenvalue weighted by molar-refractivity contribution is -0.182. The first-order valence-corrected chi connectivity index (χ1v) is 7.33. The van der Waals surface area contributed by atoms with Crippen LogP contribution in [-0.4, -0.2) is 35.2 Å². The second-order valence-electron chi connectivity index (χ2n) is 6.71. The molecule has 5 rings (SSSR count). The van der Waals surface area contributed by atoms with Crippen LogP contribution in [0.4, 0.5) is 4.39 Å². The average Bonchev–Trinajstić information content (AvgIpc) is 2.38. The minimum absolute atomic E-state index is 0.176. The first-order chi connectivity index (χ1) is 9.15. The summed E-state index contributed by atoms with van der Waals surface area (Å²) in [5.41, 5.74) is -0.0113. The summed E-state index contributed by atoms with van der Waals surface area (Å²) in [7, 11) is 0. The molecule has 4 fully saturated rings. The van der Waals surface area contributed by atoms with E-state index in [1.54, 1.807) is 6.07 Å². The lowest BCUT2D eigenvalue weighted by Gasteiger charge is -2.60. The van der Waals surface area contributed by atoms with Gasteiger partial charge in [0, 0.05) is 37.9 Å². The van der Waals surface area contributed by atoms with E-state index in [9.17, 15) is 9.50 Å². The van der Waals surface area contributed by atoms with Gasteiger partial charge in [-0.05, 0) is 30.4 Å². The van der Waals surface area contributed by atoms with Gasteiger partial charge in [-0.1, -0.05) is 18.2 Å². The van der Waals surface area contributed by atoms with Crippen molar-refractivity contribution in [1.82, 2.24) is 4.90 Å². The molecule has 3 saturated heterocycles. The number of aliphatic hydroxyl groups is 1. The van der Waals surface area contributed by atoms with Crippen molar-refractivity contribution in [3.05, 3.63) is 35.6 Å². The third-order valence-corrected chi connectivity index (χ3v) is 5.55. The molecule has 1 aromatic carbocycles. The van der Waals surface area contributed by atoms with Gasteiger partial charge in [-0.3, -0.25) is 0 Å². The highest BCUT2D eigenvalue weighted by molar-refractivity contribution is 5.22. The Morgan fingerprint density at radius 3 is 2.47 bits per heavy atom. The van der Waals surface area contributed by atoms with Crippen molar-refractivity contribution in [3.63, 3.8) is 0 Å². The molecule has 0 aromatic heterocycles. The Bertz CT molecular complexity index is 473. The van der Waals surface area contributed by atoms with E-state index in [4.69, 9.17) is 0 Å². The van der Waals surface area contributed by atoms with Crippen molar-refractivity contribution >= 4 is 0 Å². The smallest absolute Gasteiger partial charge is 0.126 e. The van der Waals surface area contributed by atoms with E-state index in [2.05, 4.69) is 4.90 Å². The van der Waals surface area contributed by atoms with E-state index in [1.807, 2.05) is 12.1 Å². The fourth-order valence-electron chi connectivity index (χ4n) is 4.70. The molecule has 1 aromatic rings. The van der Waals surface area contributed by atoms with Crippen LogP contribution in [0.3, 0.4) is 0 Å². The molecule has 19 heavy (non-hydrogen) atoms. The summed E-state index contributed by atoms with van der Waals surface area (Å²) in [5.74, 6) is 1.25. The van der Waals surface area contributed by atoms with E-state index in [0.29, 0.717) is 23.8 Å². The highest BCUT2D eigenvalue weighted by Crippen LogP contribution is 2.50. The summed E-state index contributed by atoms with van der Waals surface area (Å²) >= 11 is 0. The molecule has 2 nitrogen and oxygen atoms in total. The van der Waals surface area contributed by atoms with E-state index in [-0.39, 0.29) is 5.82 Å². The van der Waals surface area contributed by atoms with Crippen LogP contribution in [0.5, 0.6) is 0 Å². The Balaban J connectivity index is 1.65. The molecule has 1 saturated carbocycles. The summed E-state index contributed by atoms with van der Waals surface area (Å²) in [6, 6.07) is 6.89. The quantitative estimate of drug-likeness (QED) is 0.881. The monoisotopic (exact) mass is 261 g/mol. The minimum Gasteiger partial charge on any atom is -0.389 e. The highest BCUT2D eigenvalue weighted by atomic mass is 19.1. The van der Waals surface area contributed by atoms with Gasteiger partial charge in [-0.25, -0.2) is 4.39 Å². The van der Waals surface area contributed by atoms with Crippen molar-refractivity contribution in [3.8, 4) is 0 Å². The van der Waals surface area contributed by atoms with Crippen molar-refractivity contribution in [2.24, 2.45) is 17.8 Å². The summed E-state index contributed by atoms with van der Waals surface area (Å²) in [6.07, 6.45) is 2.73. The van der Waals surface area contributed by atoms with Crippen LogP contribution >= 0.6 is 0 Å². The lowest BCUT2D eigenvalue weighted by atomic mass is 9.57. The molecular formula is C16H20FNO. The molecular weight excluding hydrogens is 241 g/mol. The molecule has 0 unspecified atom stereocenters. The first kappa shape index (κ1) is 11.9. The molecule has 1 aliphatic carbocycles. The molecule has 1 N–H and O–H groups in total. The summed E-state index contributed by atoms with van der Waals surface area (Å²) in [4.78, 5) is 2.49. The van der Waals surface area contributed by atoms with Crippen molar-refractivity contribution in [2.75, 3.05) is 19.6 Å². The molecule has 102 valence electrons.